The predicted octanol–water partition coefficient (Wildman–Crippen LogP) is 1.49. The number of hydrogen-bond acceptors (Lipinski definition) is 2. The summed E-state index contributed by atoms with van der Waals surface area (Å²) in [4.78, 5) is 25.3. The fourth-order valence-corrected chi connectivity index (χ4v) is 1.90. The maximum Gasteiger partial charge on any atom is 0.328 e. The zero-order chi connectivity index (χ0) is 12.4. The Morgan fingerprint density at radius 3 is 2.71 bits per heavy atom. The summed E-state index contributed by atoms with van der Waals surface area (Å²) < 4.78 is 14.4. The number of nitrogens with one attached hydrogen (secondary N) is 1. The van der Waals surface area contributed by atoms with Crippen LogP contribution in [0.15, 0.2) is 44.5 Å². The lowest BCUT2D eigenvalue weighted by Gasteiger charge is -2.06. The molecular weight excluding hydrogens is 291 g/mol. The molecule has 0 aliphatic rings. The van der Waals surface area contributed by atoms with Gasteiger partial charge in [0.2, 0.25) is 0 Å². The minimum Gasteiger partial charge on any atom is -0.314 e. The van der Waals surface area contributed by atoms with Crippen molar-refractivity contribution in [1.82, 2.24) is 9.55 Å². The third-order valence-corrected chi connectivity index (χ3v) is 3.03. The van der Waals surface area contributed by atoms with Crippen LogP contribution in [0.25, 0.3) is 0 Å². The number of hydrogen-bond donors (Lipinski definition) is 1. The second-order valence-corrected chi connectivity index (χ2v) is 4.30. The van der Waals surface area contributed by atoms with E-state index in [1.807, 2.05) is 0 Å². The summed E-state index contributed by atoms with van der Waals surface area (Å²) in [6.07, 6.45) is 1.29. The van der Waals surface area contributed by atoms with E-state index in [2.05, 4.69) is 20.9 Å². The first-order valence-corrected chi connectivity index (χ1v) is 5.59. The lowest BCUT2D eigenvalue weighted by Crippen LogP contribution is -2.34. The number of H-pyrrole nitrogens is 1. The molecule has 0 unspecified atom stereocenters. The predicted molar refractivity (Wildman–Crippen MR) is 64.5 cm³/mol. The summed E-state index contributed by atoms with van der Waals surface area (Å²) >= 11 is 3.19. The third-order valence-electron chi connectivity index (χ3n) is 2.29. The lowest BCUT2D eigenvalue weighted by atomic mass is 10.2. The van der Waals surface area contributed by atoms with Gasteiger partial charge < -0.3 is 4.98 Å². The van der Waals surface area contributed by atoms with Gasteiger partial charge in [-0.25, -0.2) is 9.18 Å². The summed E-state index contributed by atoms with van der Waals surface area (Å²) in [6, 6.07) is 5.36. The summed E-state index contributed by atoms with van der Waals surface area (Å²) in [5.74, 6) is -0.380. The zero-order valence-electron chi connectivity index (χ0n) is 8.61. The van der Waals surface area contributed by atoms with Crippen LogP contribution < -0.4 is 11.2 Å². The highest BCUT2D eigenvalue weighted by Crippen LogP contribution is 2.18. The first kappa shape index (κ1) is 11.8. The molecule has 17 heavy (non-hydrogen) atoms. The molecule has 0 saturated carbocycles. The van der Waals surface area contributed by atoms with Crippen molar-refractivity contribution in [2.45, 2.75) is 6.54 Å². The van der Waals surface area contributed by atoms with Crippen LogP contribution in [0.3, 0.4) is 0 Å². The fraction of sp³-hybridized carbons (Fsp3) is 0.0909. The first-order chi connectivity index (χ1) is 8.08. The van der Waals surface area contributed by atoms with Crippen LogP contribution in [0.2, 0.25) is 0 Å². The molecule has 88 valence electrons. The largest absolute Gasteiger partial charge is 0.328 e. The molecule has 2 rings (SSSR count). The van der Waals surface area contributed by atoms with Crippen LogP contribution in [0.4, 0.5) is 4.39 Å². The summed E-state index contributed by atoms with van der Waals surface area (Å²) in [5.41, 5.74) is -0.232. The molecule has 0 saturated heterocycles. The molecule has 0 fully saturated rings. The molecule has 0 bridgehead atoms. The summed E-state index contributed by atoms with van der Waals surface area (Å²) in [6.45, 7) is 0.0931. The molecule has 1 aromatic heterocycles. The van der Waals surface area contributed by atoms with Crippen molar-refractivity contribution in [1.29, 1.82) is 0 Å². The quantitative estimate of drug-likeness (QED) is 0.913. The van der Waals surface area contributed by atoms with Gasteiger partial charge >= 0.3 is 5.69 Å². The molecular formula is C11H8BrFN2O2. The van der Waals surface area contributed by atoms with Crippen molar-refractivity contribution < 1.29 is 4.39 Å². The van der Waals surface area contributed by atoms with E-state index in [1.54, 1.807) is 0 Å². The topological polar surface area (TPSA) is 54.9 Å². The molecule has 4 nitrogen and oxygen atoms in total. The molecule has 1 heterocycles. The molecule has 0 atom stereocenters. The Morgan fingerprint density at radius 2 is 2.06 bits per heavy atom. The first-order valence-electron chi connectivity index (χ1n) is 4.80. The van der Waals surface area contributed by atoms with Crippen molar-refractivity contribution in [2.24, 2.45) is 0 Å². The zero-order valence-corrected chi connectivity index (χ0v) is 10.2. The lowest BCUT2D eigenvalue weighted by molar-refractivity contribution is 0.623. The van der Waals surface area contributed by atoms with Gasteiger partial charge in [-0.05, 0) is 17.7 Å². The standard InChI is InChI=1S/C11H8BrFN2O2/c12-9-5-8(13)2-1-7(9)6-15-10(16)3-4-14-11(15)17/h1-5H,6H2,(H,14,17). The van der Waals surface area contributed by atoms with Crippen LogP contribution >= 0.6 is 15.9 Å². The Balaban J connectivity index is 2.45. The highest BCUT2D eigenvalue weighted by molar-refractivity contribution is 9.10. The van der Waals surface area contributed by atoms with E-state index in [0.717, 1.165) is 4.57 Å². The molecule has 0 amide bonds. The number of halogens is 2. The van der Waals surface area contributed by atoms with Crippen LogP contribution in [-0.2, 0) is 6.54 Å². The fourth-order valence-electron chi connectivity index (χ4n) is 1.42. The van der Waals surface area contributed by atoms with E-state index in [0.29, 0.717) is 10.0 Å². The SMILES string of the molecule is O=c1cc[nH]c(=O)n1Cc1ccc(F)cc1Br. The van der Waals surface area contributed by atoms with Gasteiger partial charge in [0.05, 0.1) is 6.54 Å². The van der Waals surface area contributed by atoms with E-state index < -0.39 is 11.2 Å². The Morgan fingerprint density at radius 1 is 1.29 bits per heavy atom. The average Bonchev–Trinajstić information content (AvgIpc) is 2.26. The van der Waals surface area contributed by atoms with E-state index in [4.69, 9.17) is 0 Å². The monoisotopic (exact) mass is 298 g/mol. The summed E-state index contributed by atoms with van der Waals surface area (Å²) in [7, 11) is 0. The van der Waals surface area contributed by atoms with E-state index >= 15 is 0 Å². The maximum absolute atomic E-state index is 12.9. The number of rotatable bonds is 2. The Labute approximate surface area is 104 Å². The Bertz CT molecular complexity index is 635. The van der Waals surface area contributed by atoms with Gasteiger partial charge in [0, 0.05) is 16.7 Å². The van der Waals surface area contributed by atoms with Gasteiger partial charge in [0.1, 0.15) is 5.82 Å². The van der Waals surface area contributed by atoms with Crippen LogP contribution in [0, 0.1) is 5.82 Å². The number of aromatic nitrogens is 2. The number of nitrogens with zero attached hydrogens (tertiary/aromatic N) is 1. The average molecular weight is 299 g/mol. The van der Waals surface area contributed by atoms with Crippen molar-refractivity contribution in [3.8, 4) is 0 Å². The molecule has 1 aromatic carbocycles. The molecule has 0 aliphatic heterocycles. The van der Waals surface area contributed by atoms with E-state index in [9.17, 15) is 14.0 Å². The van der Waals surface area contributed by atoms with Crippen LogP contribution in [0.1, 0.15) is 5.56 Å². The highest BCUT2D eigenvalue weighted by atomic mass is 79.9. The molecule has 0 aliphatic carbocycles. The van der Waals surface area contributed by atoms with Gasteiger partial charge in [-0.2, -0.15) is 0 Å². The summed E-state index contributed by atoms with van der Waals surface area (Å²) in [5, 5.41) is 0. The van der Waals surface area contributed by atoms with Crippen molar-refractivity contribution in [2.75, 3.05) is 0 Å². The molecule has 0 radical (unpaired) electrons. The Hall–Kier alpha value is -1.69. The van der Waals surface area contributed by atoms with Gasteiger partial charge in [0.15, 0.2) is 0 Å². The second kappa shape index (κ2) is 4.67. The molecule has 0 spiro atoms. The van der Waals surface area contributed by atoms with Gasteiger partial charge in [0.25, 0.3) is 5.56 Å². The van der Waals surface area contributed by atoms with Crippen LogP contribution in [0.5, 0.6) is 0 Å². The van der Waals surface area contributed by atoms with Crippen LogP contribution in [-0.4, -0.2) is 9.55 Å². The third kappa shape index (κ3) is 2.52. The number of benzene rings is 1. The maximum atomic E-state index is 12.9. The van der Waals surface area contributed by atoms with Crippen molar-refractivity contribution in [3.63, 3.8) is 0 Å². The molecule has 6 heteroatoms. The van der Waals surface area contributed by atoms with Gasteiger partial charge in [-0.3, -0.25) is 9.36 Å². The van der Waals surface area contributed by atoms with E-state index in [-0.39, 0.29) is 12.4 Å². The van der Waals surface area contributed by atoms with E-state index in [1.165, 1.54) is 30.5 Å². The molecule has 2 aromatic rings. The van der Waals surface area contributed by atoms with Crippen molar-refractivity contribution in [3.05, 3.63) is 67.2 Å². The smallest absolute Gasteiger partial charge is 0.314 e. The second-order valence-electron chi connectivity index (χ2n) is 3.44. The van der Waals surface area contributed by atoms with Gasteiger partial charge in [-0.15, -0.1) is 0 Å². The highest BCUT2D eigenvalue weighted by Gasteiger charge is 2.05. The Kier molecular flexibility index (Phi) is 3.23. The minimum atomic E-state index is -0.492. The minimum absolute atomic E-state index is 0.0931. The van der Waals surface area contributed by atoms with Crippen molar-refractivity contribution >= 4 is 15.9 Å². The normalized spacial score (nSPS) is 10.5. The molecule has 1 N–H and O–H groups in total. The van der Waals surface area contributed by atoms with Gasteiger partial charge in [-0.1, -0.05) is 22.0 Å². The number of aromatic amines is 1.